The zero-order valence-corrected chi connectivity index (χ0v) is 10.6. The highest BCUT2D eigenvalue weighted by molar-refractivity contribution is 5.63. The molecule has 0 atom stereocenters. The fraction of sp³-hybridized carbons (Fsp3) is 0.308. The van der Waals surface area contributed by atoms with E-state index in [1.807, 2.05) is 19.9 Å². The van der Waals surface area contributed by atoms with Crippen molar-refractivity contribution in [1.29, 1.82) is 0 Å². The molecular formula is C13H16FN3O. The lowest BCUT2D eigenvalue weighted by Gasteiger charge is -2.04. The summed E-state index contributed by atoms with van der Waals surface area (Å²) in [6, 6.07) is 6.95. The first-order valence-electron chi connectivity index (χ1n) is 5.76. The molecule has 4 nitrogen and oxygen atoms in total. The number of nitrogens with zero attached hydrogens (tertiary/aromatic N) is 1. The minimum Gasteiger partial charge on any atom is -0.494 e. The molecule has 1 aromatic heterocycles. The molecule has 2 rings (SSSR count). The van der Waals surface area contributed by atoms with E-state index in [1.54, 1.807) is 12.1 Å². The summed E-state index contributed by atoms with van der Waals surface area (Å²) in [6.07, 6.45) is 0. The molecule has 1 heterocycles. The normalized spacial score (nSPS) is 10.7. The molecule has 0 saturated carbocycles. The summed E-state index contributed by atoms with van der Waals surface area (Å²) < 4.78 is 18.5. The molecule has 18 heavy (non-hydrogen) atoms. The van der Waals surface area contributed by atoms with Gasteiger partial charge in [0, 0.05) is 17.7 Å². The summed E-state index contributed by atoms with van der Waals surface area (Å²) in [7, 11) is 1.44. The standard InChI is InChI=1S/C13H16FN3O/c1-8(2)15-13-7-11(16-17-13)9-4-5-12(18-3)10(14)6-9/h4-8H,1-3H3,(H2,15,16,17). The zero-order valence-electron chi connectivity index (χ0n) is 10.6. The Labute approximate surface area is 105 Å². The van der Waals surface area contributed by atoms with Crippen LogP contribution >= 0.6 is 0 Å². The van der Waals surface area contributed by atoms with Gasteiger partial charge in [-0.3, -0.25) is 5.10 Å². The Hall–Kier alpha value is -2.04. The number of methoxy groups -OCH3 is 1. The summed E-state index contributed by atoms with van der Waals surface area (Å²) in [5.74, 6) is 0.595. The van der Waals surface area contributed by atoms with Crippen LogP contribution in [0.15, 0.2) is 24.3 Å². The summed E-state index contributed by atoms with van der Waals surface area (Å²) in [4.78, 5) is 0. The number of rotatable bonds is 4. The van der Waals surface area contributed by atoms with Gasteiger partial charge in [0.2, 0.25) is 0 Å². The van der Waals surface area contributed by atoms with Crippen LogP contribution in [0.1, 0.15) is 13.8 Å². The molecule has 96 valence electrons. The monoisotopic (exact) mass is 249 g/mol. The predicted molar refractivity (Wildman–Crippen MR) is 69.3 cm³/mol. The van der Waals surface area contributed by atoms with Crippen LogP contribution in [0.4, 0.5) is 10.2 Å². The van der Waals surface area contributed by atoms with Gasteiger partial charge in [0.15, 0.2) is 11.6 Å². The molecule has 2 aromatic rings. The Morgan fingerprint density at radius 2 is 2.11 bits per heavy atom. The molecule has 5 heteroatoms. The van der Waals surface area contributed by atoms with Crippen molar-refractivity contribution < 1.29 is 9.13 Å². The summed E-state index contributed by atoms with van der Waals surface area (Å²) >= 11 is 0. The van der Waals surface area contributed by atoms with Crippen LogP contribution in [-0.2, 0) is 0 Å². The quantitative estimate of drug-likeness (QED) is 0.875. The van der Waals surface area contributed by atoms with E-state index in [1.165, 1.54) is 13.2 Å². The first-order valence-corrected chi connectivity index (χ1v) is 5.76. The Balaban J connectivity index is 2.26. The van der Waals surface area contributed by atoms with Crippen LogP contribution in [0, 0.1) is 5.82 Å². The van der Waals surface area contributed by atoms with Gasteiger partial charge in [-0.1, -0.05) is 0 Å². The molecule has 0 unspecified atom stereocenters. The SMILES string of the molecule is COc1ccc(-c2cc(NC(C)C)n[nH]2)cc1F. The van der Waals surface area contributed by atoms with Crippen LogP contribution in [-0.4, -0.2) is 23.3 Å². The molecule has 1 aromatic carbocycles. The number of halogens is 1. The number of ether oxygens (including phenoxy) is 1. The molecule has 0 aliphatic heterocycles. The smallest absolute Gasteiger partial charge is 0.165 e. The topological polar surface area (TPSA) is 49.9 Å². The van der Waals surface area contributed by atoms with Crippen LogP contribution in [0.5, 0.6) is 5.75 Å². The van der Waals surface area contributed by atoms with Gasteiger partial charge >= 0.3 is 0 Å². The second kappa shape index (κ2) is 5.08. The maximum Gasteiger partial charge on any atom is 0.165 e. The molecule has 0 saturated heterocycles. The second-order valence-electron chi connectivity index (χ2n) is 4.32. The average Bonchev–Trinajstić information content (AvgIpc) is 2.76. The van der Waals surface area contributed by atoms with Gasteiger partial charge in [-0.2, -0.15) is 5.10 Å². The van der Waals surface area contributed by atoms with Gasteiger partial charge < -0.3 is 10.1 Å². The van der Waals surface area contributed by atoms with E-state index >= 15 is 0 Å². The maximum atomic E-state index is 13.6. The number of benzene rings is 1. The fourth-order valence-electron chi connectivity index (χ4n) is 1.67. The lowest BCUT2D eigenvalue weighted by molar-refractivity contribution is 0.386. The summed E-state index contributed by atoms with van der Waals surface area (Å²) in [5.41, 5.74) is 1.50. The van der Waals surface area contributed by atoms with Crippen molar-refractivity contribution in [2.45, 2.75) is 19.9 Å². The average molecular weight is 249 g/mol. The van der Waals surface area contributed by atoms with Crippen molar-refractivity contribution >= 4 is 5.82 Å². The Morgan fingerprint density at radius 1 is 1.33 bits per heavy atom. The maximum absolute atomic E-state index is 13.6. The van der Waals surface area contributed by atoms with Crippen LogP contribution < -0.4 is 10.1 Å². The van der Waals surface area contributed by atoms with Crippen molar-refractivity contribution in [3.63, 3.8) is 0 Å². The van der Waals surface area contributed by atoms with Crippen molar-refractivity contribution in [3.05, 3.63) is 30.1 Å². The van der Waals surface area contributed by atoms with Crippen LogP contribution in [0.2, 0.25) is 0 Å². The Kier molecular flexibility index (Phi) is 3.50. The van der Waals surface area contributed by atoms with E-state index in [0.29, 0.717) is 6.04 Å². The van der Waals surface area contributed by atoms with Crippen LogP contribution in [0.3, 0.4) is 0 Å². The zero-order chi connectivity index (χ0) is 13.1. The predicted octanol–water partition coefficient (Wildman–Crippen LogP) is 3.04. The minimum absolute atomic E-state index is 0.235. The number of nitrogens with one attached hydrogen (secondary N) is 2. The van der Waals surface area contributed by atoms with Gasteiger partial charge in [-0.05, 0) is 32.0 Å². The van der Waals surface area contributed by atoms with E-state index in [0.717, 1.165) is 17.1 Å². The van der Waals surface area contributed by atoms with Gasteiger partial charge in [0.1, 0.15) is 5.82 Å². The largest absolute Gasteiger partial charge is 0.494 e. The first kappa shape index (κ1) is 12.4. The Morgan fingerprint density at radius 3 is 2.72 bits per heavy atom. The van der Waals surface area contributed by atoms with E-state index in [9.17, 15) is 4.39 Å². The summed E-state index contributed by atoms with van der Waals surface area (Å²) in [5, 5.41) is 10.2. The highest BCUT2D eigenvalue weighted by Gasteiger charge is 2.08. The van der Waals surface area contributed by atoms with Gasteiger partial charge in [-0.15, -0.1) is 0 Å². The number of H-pyrrole nitrogens is 1. The lowest BCUT2D eigenvalue weighted by atomic mass is 10.1. The van der Waals surface area contributed by atoms with Gasteiger partial charge in [0.05, 0.1) is 12.8 Å². The molecule has 2 N–H and O–H groups in total. The molecule has 0 bridgehead atoms. The number of hydrogen-bond acceptors (Lipinski definition) is 3. The highest BCUT2D eigenvalue weighted by Crippen LogP contribution is 2.25. The van der Waals surface area contributed by atoms with Gasteiger partial charge in [0.25, 0.3) is 0 Å². The summed E-state index contributed by atoms with van der Waals surface area (Å²) in [6.45, 7) is 4.06. The van der Waals surface area contributed by atoms with Crippen LogP contribution in [0.25, 0.3) is 11.3 Å². The van der Waals surface area contributed by atoms with E-state index in [2.05, 4.69) is 15.5 Å². The molecule has 0 fully saturated rings. The molecule has 0 aliphatic rings. The third-order valence-corrected chi connectivity index (χ3v) is 2.48. The van der Waals surface area contributed by atoms with E-state index < -0.39 is 0 Å². The molecule has 0 aliphatic carbocycles. The molecular weight excluding hydrogens is 233 g/mol. The molecule has 0 spiro atoms. The third kappa shape index (κ3) is 2.61. The Bertz CT molecular complexity index is 537. The van der Waals surface area contributed by atoms with Gasteiger partial charge in [-0.25, -0.2) is 4.39 Å². The number of aromatic nitrogens is 2. The van der Waals surface area contributed by atoms with E-state index in [-0.39, 0.29) is 11.6 Å². The number of aromatic amines is 1. The number of hydrogen-bond donors (Lipinski definition) is 2. The first-order chi connectivity index (χ1) is 8.60. The van der Waals surface area contributed by atoms with Crippen molar-refractivity contribution in [3.8, 4) is 17.0 Å². The molecule has 0 amide bonds. The van der Waals surface area contributed by atoms with Crippen molar-refractivity contribution in [2.75, 3.05) is 12.4 Å². The lowest BCUT2D eigenvalue weighted by Crippen LogP contribution is -2.09. The van der Waals surface area contributed by atoms with Crippen molar-refractivity contribution in [1.82, 2.24) is 10.2 Å². The highest BCUT2D eigenvalue weighted by atomic mass is 19.1. The van der Waals surface area contributed by atoms with E-state index in [4.69, 9.17) is 4.74 Å². The molecule has 0 radical (unpaired) electrons. The minimum atomic E-state index is -0.386. The fourth-order valence-corrected chi connectivity index (χ4v) is 1.67. The second-order valence-corrected chi connectivity index (χ2v) is 4.32. The third-order valence-electron chi connectivity index (χ3n) is 2.48. The number of anilines is 1. The van der Waals surface area contributed by atoms with Crippen molar-refractivity contribution in [2.24, 2.45) is 0 Å².